The first-order chi connectivity index (χ1) is 10.8. The van der Waals surface area contributed by atoms with Crippen LogP contribution >= 0.6 is 0 Å². The Morgan fingerprint density at radius 2 is 2.00 bits per heavy atom. The molecule has 2 rings (SSSR count). The lowest BCUT2D eigenvalue weighted by Crippen LogP contribution is -2.51. The minimum atomic E-state index is -1.02. The number of carbonyl (C=O) groups is 1. The quantitative estimate of drug-likeness (QED) is 0.588. The SMILES string of the molecule is CCN(CC(=O)O)C1CC(Nc2c(F)cc([N+](=O)[O-])cc2F)C1. The summed E-state index contributed by atoms with van der Waals surface area (Å²) in [4.78, 5) is 22.2. The molecule has 0 spiro atoms. The first-order valence-electron chi connectivity index (χ1n) is 7.17. The van der Waals surface area contributed by atoms with Crippen LogP contribution in [0.4, 0.5) is 20.2 Å². The van der Waals surface area contributed by atoms with Crippen molar-refractivity contribution in [3.05, 3.63) is 33.9 Å². The number of rotatable bonds is 7. The fourth-order valence-corrected chi connectivity index (χ4v) is 2.68. The highest BCUT2D eigenvalue weighted by Crippen LogP contribution is 2.32. The van der Waals surface area contributed by atoms with Gasteiger partial charge in [0, 0.05) is 12.1 Å². The lowest BCUT2D eigenvalue weighted by molar-refractivity contribution is -0.385. The van der Waals surface area contributed by atoms with Gasteiger partial charge in [-0.15, -0.1) is 0 Å². The highest BCUT2D eigenvalue weighted by molar-refractivity contribution is 5.69. The Labute approximate surface area is 131 Å². The summed E-state index contributed by atoms with van der Waals surface area (Å²) < 4.78 is 27.6. The van der Waals surface area contributed by atoms with Crippen LogP contribution in [0, 0.1) is 21.7 Å². The van der Waals surface area contributed by atoms with Gasteiger partial charge in [-0.3, -0.25) is 19.8 Å². The van der Waals surface area contributed by atoms with Gasteiger partial charge < -0.3 is 10.4 Å². The van der Waals surface area contributed by atoms with Gasteiger partial charge in [0.05, 0.1) is 23.6 Å². The molecule has 0 bridgehead atoms. The van der Waals surface area contributed by atoms with Crippen molar-refractivity contribution in [3.63, 3.8) is 0 Å². The Hall–Kier alpha value is -2.29. The number of benzene rings is 1. The molecule has 23 heavy (non-hydrogen) atoms. The second kappa shape index (κ2) is 6.86. The Morgan fingerprint density at radius 3 is 2.43 bits per heavy atom. The van der Waals surface area contributed by atoms with E-state index in [1.54, 1.807) is 4.90 Å². The molecule has 1 fully saturated rings. The molecule has 0 saturated heterocycles. The minimum absolute atomic E-state index is 0.0396. The first kappa shape index (κ1) is 17.1. The van der Waals surface area contributed by atoms with Crippen molar-refractivity contribution in [2.45, 2.75) is 31.8 Å². The number of carboxylic acids is 1. The summed E-state index contributed by atoms with van der Waals surface area (Å²) in [6, 6.07) is 1.18. The molecule has 9 heteroatoms. The number of aliphatic carboxylic acids is 1. The van der Waals surface area contributed by atoms with E-state index in [2.05, 4.69) is 5.32 Å². The number of nitro benzene ring substituents is 1. The maximum atomic E-state index is 13.8. The summed E-state index contributed by atoms with van der Waals surface area (Å²) in [7, 11) is 0. The lowest BCUT2D eigenvalue weighted by Gasteiger charge is -2.42. The van der Waals surface area contributed by atoms with Crippen LogP contribution in [0.3, 0.4) is 0 Å². The number of carboxylic acid groups (broad SMARTS) is 1. The van der Waals surface area contributed by atoms with Crippen LogP contribution in [0.15, 0.2) is 12.1 Å². The summed E-state index contributed by atoms with van der Waals surface area (Å²) in [6.45, 7) is 2.34. The van der Waals surface area contributed by atoms with Crippen LogP contribution in [-0.4, -0.2) is 46.1 Å². The van der Waals surface area contributed by atoms with Crippen molar-refractivity contribution in [2.24, 2.45) is 0 Å². The first-order valence-corrected chi connectivity index (χ1v) is 7.17. The molecule has 7 nitrogen and oxygen atoms in total. The number of likely N-dealkylation sites (N-methyl/N-ethyl adjacent to an activating group) is 1. The predicted molar refractivity (Wildman–Crippen MR) is 78.3 cm³/mol. The molecule has 0 aromatic heterocycles. The maximum absolute atomic E-state index is 13.8. The van der Waals surface area contributed by atoms with Crippen molar-refractivity contribution >= 4 is 17.3 Å². The summed E-state index contributed by atoms with van der Waals surface area (Å²) in [6.07, 6.45) is 1.11. The lowest BCUT2D eigenvalue weighted by atomic mass is 9.85. The fraction of sp³-hybridized carbons (Fsp3) is 0.500. The van der Waals surface area contributed by atoms with E-state index in [-0.39, 0.29) is 24.3 Å². The van der Waals surface area contributed by atoms with Crippen LogP contribution in [0.5, 0.6) is 0 Å². The van der Waals surface area contributed by atoms with Crippen LogP contribution in [0.1, 0.15) is 19.8 Å². The van der Waals surface area contributed by atoms with E-state index in [1.807, 2.05) is 6.92 Å². The molecular formula is C14H17F2N3O4. The van der Waals surface area contributed by atoms with E-state index in [9.17, 15) is 23.7 Å². The topological polar surface area (TPSA) is 95.7 Å². The Bertz CT molecular complexity index is 597. The number of non-ortho nitro benzene ring substituents is 1. The number of hydrogen-bond donors (Lipinski definition) is 2. The Morgan fingerprint density at radius 1 is 1.43 bits per heavy atom. The highest BCUT2D eigenvalue weighted by atomic mass is 19.1. The smallest absolute Gasteiger partial charge is 0.317 e. The van der Waals surface area contributed by atoms with Crippen LogP contribution in [0.25, 0.3) is 0 Å². The van der Waals surface area contributed by atoms with Crippen LogP contribution in [-0.2, 0) is 4.79 Å². The zero-order valence-corrected chi connectivity index (χ0v) is 12.5. The highest BCUT2D eigenvalue weighted by Gasteiger charge is 2.34. The van der Waals surface area contributed by atoms with Gasteiger partial charge >= 0.3 is 5.97 Å². The van der Waals surface area contributed by atoms with E-state index >= 15 is 0 Å². The van der Waals surface area contributed by atoms with Crippen molar-refractivity contribution < 1.29 is 23.6 Å². The zero-order chi connectivity index (χ0) is 17.1. The van der Waals surface area contributed by atoms with Gasteiger partial charge in [-0.25, -0.2) is 8.78 Å². The van der Waals surface area contributed by atoms with Gasteiger partial charge in [0.1, 0.15) is 5.69 Å². The van der Waals surface area contributed by atoms with Gasteiger partial charge in [0.15, 0.2) is 11.6 Å². The number of nitro groups is 1. The van der Waals surface area contributed by atoms with Crippen molar-refractivity contribution in [1.82, 2.24) is 4.90 Å². The third kappa shape index (κ3) is 3.92. The third-order valence-corrected chi connectivity index (χ3v) is 3.96. The number of hydrogen-bond acceptors (Lipinski definition) is 5. The van der Waals surface area contributed by atoms with Crippen molar-refractivity contribution in [1.29, 1.82) is 0 Å². The molecule has 0 atom stereocenters. The average Bonchev–Trinajstić information content (AvgIpc) is 2.41. The second-order valence-corrected chi connectivity index (χ2v) is 5.46. The average molecular weight is 329 g/mol. The summed E-state index contributed by atoms with van der Waals surface area (Å²) in [5, 5.41) is 22.1. The van der Waals surface area contributed by atoms with Gasteiger partial charge in [0.25, 0.3) is 5.69 Å². The van der Waals surface area contributed by atoms with E-state index in [1.165, 1.54) is 0 Å². The Kier molecular flexibility index (Phi) is 5.09. The zero-order valence-electron chi connectivity index (χ0n) is 12.5. The third-order valence-electron chi connectivity index (χ3n) is 3.96. The summed E-state index contributed by atoms with van der Waals surface area (Å²) in [5.74, 6) is -2.95. The predicted octanol–water partition coefficient (Wildman–Crippen LogP) is 2.22. The molecule has 126 valence electrons. The molecule has 0 amide bonds. The molecule has 0 heterocycles. The number of anilines is 1. The van der Waals surface area contributed by atoms with Gasteiger partial charge in [-0.1, -0.05) is 6.92 Å². The van der Waals surface area contributed by atoms with Crippen LogP contribution < -0.4 is 5.32 Å². The fourth-order valence-electron chi connectivity index (χ4n) is 2.68. The molecule has 0 unspecified atom stereocenters. The molecular weight excluding hydrogens is 312 g/mol. The largest absolute Gasteiger partial charge is 0.480 e. The van der Waals surface area contributed by atoms with Crippen LogP contribution in [0.2, 0.25) is 0 Å². The molecule has 1 saturated carbocycles. The monoisotopic (exact) mass is 329 g/mol. The number of nitrogens with one attached hydrogen (secondary N) is 1. The molecule has 1 aromatic carbocycles. The molecule has 2 N–H and O–H groups in total. The van der Waals surface area contributed by atoms with Crippen molar-refractivity contribution in [3.8, 4) is 0 Å². The minimum Gasteiger partial charge on any atom is -0.480 e. The summed E-state index contributed by atoms with van der Waals surface area (Å²) >= 11 is 0. The summed E-state index contributed by atoms with van der Waals surface area (Å²) in [5.41, 5.74) is -1.03. The van der Waals surface area contributed by atoms with E-state index in [4.69, 9.17) is 5.11 Å². The Balaban J connectivity index is 1.98. The van der Waals surface area contributed by atoms with E-state index in [0.717, 1.165) is 0 Å². The second-order valence-electron chi connectivity index (χ2n) is 5.46. The number of halogens is 2. The van der Waals surface area contributed by atoms with E-state index in [0.29, 0.717) is 31.5 Å². The molecule has 0 radical (unpaired) electrons. The maximum Gasteiger partial charge on any atom is 0.317 e. The standard InChI is InChI=1S/C14H17F2N3O4/c1-2-18(7-13(20)21)9-3-8(4-9)17-14-11(15)5-10(19(22)23)6-12(14)16/h5-6,8-9,17H,2-4,7H2,1H3,(H,20,21). The number of nitrogens with zero attached hydrogens (tertiary/aromatic N) is 2. The van der Waals surface area contributed by atoms with E-state index < -0.39 is 28.2 Å². The van der Waals surface area contributed by atoms with Gasteiger partial charge in [-0.05, 0) is 19.4 Å². The van der Waals surface area contributed by atoms with Gasteiger partial charge in [-0.2, -0.15) is 0 Å². The molecule has 1 aromatic rings. The molecule has 1 aliphatic rings. The molecule has 1 aliphatic carbocycles. The van der Waals surface area contributed by atoms with Gasteiger partial charge in [0.2, 0.25) is 0 Å². The normalized spacial score (nSPS) is 20.2. The molecule has 0 aliphatic heterocycles. The van der Waals surface area contributed by atoms with Crippen molar-refractivity contribution in [2.75, 3.05) is 18.4 Å².